The van der Waals surface area contributed by atoms with Crippen LogP contribution in [0.25, 0.3) is 6.08 Å². The number of hydrogen-bond donors (Lipinski definition) is 0. The first-order valence-corrected chi connectivity index (χ1v) is 16.0. The molecule has 4 aromatic carbocycles. The van der Waals surface area contributed by atoms with Gasteiger partial charge >= 0.3 is 10.1 Å². The van der Waals surface area contributed by atoms with Crippen LogP contribution in [0.4, 0.5) is 0 Å². The van der Waals surface area contributed by atoms with Crippen molar-refractivity contribution in [1.82, 2.24) is 4.90 Å². The van der Waals surface area contributed by atoms with Crippen molar-refractivity contribution in [2.45, 2.75) is 18.0 Å². The van der Waals surface area contributed by atoms with Crippen molar-refractivity contribution in [3.63, 3.8) is 0 Å². The van der Waals surface area contributed by atoms with Gasteiger partial charge in [-0.3, -0.25) is 14.7 Å². The van der Waals surface area contributed by atoms with E-state index in [0.717, 1.165) is 11.1 Å². The minimum Gasteiger partial charge on any atom is -0.493 e. The number of thioether (sulfide) groups is 1. The van der Waals surface area contributed by atoms with E-state index >= 15 is 0 Å². The number of ether oxygens (including phenoxy) is 1. The zero-order chi connectivity index (χ0) is 29.7. The third-order valence-corrected chi connectivity index (χ3v) is 9.28. The lowest BCUT2D eigenvalue weighted by Gasteiger charge is -2.16. The van der Waals surface area contributed by atoms with Gasteiger partial charge in [0.05, 0.1) is 29.6 Å². The minimum atomic E-state index is -4.17. The van der Waals surface area contributed by atoms with Gasteiger partial charge < -0.3 is 8.92 Å². The van der Waals surface area contributed by atoms with E-state index in [4.69, 9.17) is 25.5 Å². The fraction of sp³-hybridized carbons (Fsp3) is 0.0968. The monoisotopic (exact) mass is 682 g/mol. The Labute approximate surface area is 262 Å². The van der Waals surface area contributed by atoms with Gasteiger partial charge in [0.2, 0.25) is 0 Å². The Kier molecular flexibility index (Phi) is 9.37. The fourth-order valence-corrected chi connectivity index (χ4v) is 6.79. The molecule has 11 heteroatoms. The minimum absolute atomic E-state index is 0.0178. The molecule has 1 aliphatic rings. The van der Waals surface area contributed by atoms with Gasteiger partial charge in [-0.15, -0.1) is 0 Å². The van der Waals surface area contributed by atoms with Crippen molar-refractivity contribution in [2.24, 2.45) is 4.99 Å². The van der Waals surface area contributed by atoms with Crippen LogP contribution in [0.5, 0.6) is 11.5 Å². The average molecular weight is 684 g/mol. The zero-order valence-corrected chi connectivity index (χ0v) is 26.2. The molecular formula is C31H24BrClN2O5S2. The first kappa shape index (κ1) is 29.9. The molecule has 0 aliphatic carbocycles. The first-order valence-electron chi connectivity index (χ1n) is 12.6. The number of carbonyl (C=O) groups is 1. The maximum absolute atomic E-state index is 13.6. The highest BCUT2D eigenvalue weighted by atomic mass is 79.9. The quantitative estimate of drug-likeness (QED) is 0.134. The van der Waals surface area contributed by atoms with Crippen LogP contribution in [-0.2, 0) is 28.0 Å². The summed E-state index contributed by atoms with van der Waals surface area (Å²) in [6, 6.07) is 28.5. The standard InChI is InChI=1S/C31H24BrClN2O5S2/c1-39-27-17-23(16-26(32)29(27)40-42(37,38)25-14-12-24(33)13-15-25)18-28-30(36)35(20-22-10-6-3-7-11-22)31(41-28)34-19-21-8-4-2-5-9-21/h2-18H,19-20H2,1H3/b28-18+,34-31?. The smallest absolute Gasteiger partial charge is 0.339 e. The molecule has 0 unspecified atom stereocenters. The normalized spacial score (nSPS) is 15.4. The number of amidine groups is 1. The maximum atomic E-state index is 13.6. The number of carbonyl (C=O) groups excluding carboxylic acids is 1. The summed E-state index contributed by atoms with van der Waals surface area (Å²) in [5.41, 5.74) is 2.62. The second kappa shape index (κ2) is 13.2. The van der Waals surface area contributed by atoms with E-state index < -0.39 is 10.1 Å². The summed E-state index contributed by atoms with van der Waals surface area (Å²) in [7, 11) is -2.76. The Morgan fingerprint density at radius 3 is 2.24 bits per heavy atom. The summed E-state index contributed by atoms with van der Waals surface area (Å²) in [5.74, 6) is -0.0319. The van der Waals surface area contributed by atoms with Crippen LogP contribution in [0.3, 0.4) is 0 Å². The van der Waals surface area contributed by atoms with Gasteiger partial charge in [-0.1, -0.05) is 72.3 Å². The van der Waals surface area contributed by atoms with Crippen molar-refractivity contribution >= 4 is 66.6 Å². The summed E-state index contributed by atoms with van der Waals surface area (Å²) in [6.45, 7) is 0.808. The van der Waals surface area contributed by atoms with Crippen molar-refractivity contribution in [3.05, 3.63) is 128 Å². The molecule has 0 aromatic heterocycles. The van der Waals surface area contributed by atoms with Crippen LogP contribution in [0.1, 0.15) is 16.7 Å². The van der Waals surface area contributed by atoms with Gasteiger partial charge in [0.25, 0.3) is 5.91 Å². The number of hydrogen-bond acceptors (Lipinski definition) is 7. The molecule has 0 radical (unpaired) electrons. The third kappa shape index (κ3) is 7.07. The van der Waals surface area contributed by atoms with Gasteiger partial charge in [-0.25, -0.2) is 0 Å². The van der Waals surface area contributed by atoms with Gasteiger partial charge in [-0.05, 0) is 86.9 Å². The zero-order valence-electron chi connectivity index (χ0n) is 22.2. The maximum Gasteiger partial charge on any atom is 0.339 e. The van der Waals surface area contributed by atoms with E-state index in [1.54, 1.807) is 23.1 Å². The molecule has 214 valence electrons. The Morgan fingerprint density at radius 2 is 1.60 bits per heavy atom. The Balaban J connectivity index is 1.45. The molecule has 0 spiro atoms. The lowest BCUT2D eigenvalue weighted by Crippen LogP contribution is -2.28. The summed E-state index contributed by atoms with van der Waals surface area (Å²) in [5, 5.41) is 0.999. The number of rotatable bonds is 9. The Morgan fingerprint density at radius 1 is 0.952 bits per heavy atom. The molecule has 4 aromatic rings. The fourth-order valence-electron chi connectivity index (χ4n) is 4.09. The third-order valence-electron chi connectivity index (χ3n) is 6.16. The molecule has 42 heavy (non-hydrogen) atoms. The van der Waals surface area contributed by atoms with Crippen LogP contribution in [0, 0.1) is 0 Å². The second-order valence-corrected chi connectivity index (χ2v) is 12.9. The second-order valence-electron chi connectivity index (χ2n) is 9.10. The number of halogens is 2. The highest BCUT2D eigenvalue weighted by molar-refractivity contribution is 9.10. The summed E-state index contributed by atoms with van der Waals surface area (Å²) >= 11 is 10.6. The van der Waals surface area contributed by atoms with Crippen molar-refractivity contribution in [1.29, 1.82) is 0 Å². The average Bonchev–Trinajstić information content (AvgIpc) is 3.27. The van der Waals surface area contributed by atoms with Gasteiger partial charge in [0.1, 0.15) is 4.90 Å². The molecule has 0 saturated carbocycles. The van der Waals surface area contributed by atoms with E-state index in [9.17, 15) is 13.2 Å². The molecule has 0 atom stereocenters. The van der Waals surface area contributed by atoms with Crippen LogP contribution in [0.2, 0.25) is 5.02 Å². The first-order chi connectivity index (χ1) is 20.2. The van der Waals surface area contributed by atoms with Crippen LogP contribution in [0.15, 0.2) is 116 Å². The number of amides is 1. The van der Waals surface area contributed by atoms with Gasteiger partial charge in [0.15, 0.2) is 16.7 Å². The highest BCUT2D eigenvalue weighted by Crippen LogP contribution is 2.41. The molecule has 1 fully saturated rings. The molecule has 0 bridgehead atoms. The van der Waals surface area contributed by atoms with Crippen molar-refractivity contribution in [2.75, 3.05) is 7.11 Å². The predicted molar refractivity (Wildman–Crippen MR) is 170 cm³/mol. The molecule has 7 nitrogen and oxygen atoms in total. The topological polar surface area (TPSA) is 85.3 Å². The predicted octanol–water partition coefficient (Wildman–Crippen LogP) is 7.55. The van der Waals surface area contributed by atoms with E-state index in [1.165, 1.54) is 43.1 Å². The van der Waals surface area contributed by atoms with E-state index in [2.05, 4.69) is 15.9 Å². The highest BCUT2D eigenvalue weighted by Gasteiger charge is 2.33. The number of benzene rings is 4. The summed E-state index contributed by atoms with van der Waals surface area (Å²) in [4.78, 5) is 20.5. The van der Waals surface area contributed by atoms with E-state index in [1.807, 2.05) is 60.7 Å². The molecule has 1 saturated heterocycles. The lowest BCUT2D eigenvalue weighted by atomic mass is 10.1. The van der Waals surface area contributed by atoms with Crippen molar-refractivity contribution < 1.29 is 22.1 Å². The number of aliphatic imine (C=N–C) groups is 1. The van der Waals surface area contributed by atoms with Crippen molar-refractivity contribution in [3.8, 4) is 11.5 Å². The molecule has 1 heterocycles. The molecule has 1 aliphatic heterocycles. The molecule has 5 rings (SSSR count). The van der Waals surface area contributed by atoms with Gasteiger partial charge in [-0.2, -0.15) is 8.42 Å². The molecular weight excluding hydrogens is 660 g/mol. The lowest BCUT2D eigenvalue weighted by molar-refractivity contribution is -0.122. The summed E-state index contributed by atoms with van der Waals surface area (Å²) < 4.78 is 37.1. The van der Waals surface area contributed by atoms with E-state index in [-0.39, 0.29) is 22.3 Å². The largest absolute Gasteiger partial charge is 0.493 e. The van der Waals surface area contributed by atoms with Crippen LogP contribution in [-0.4, -0.2) is 31.5 Å². The van der Waals surface area contributed by atoms with E-state index in [0.29, 0.717) is 38.2 Å². The molecule has 1 amide bonds. The molecule has 0 N–H and O–H groups in total. The SMILES string of the molecule is COc1cc(/C=C2/SC(=NCc3ccccc3)N(Cc3ccccc3)C2=O)cc(Br)c1OS(=O)(=O)c1ccc(Cl)cc1. The Hall–Kier alpha value is -3.57. The van der Waals surface area contributed by atoms with Crippen LogP contribution < -0.4 is 8.92 Å². The summed E-state index contributed by atoms with van der Waals surface area (Å²) in [6.07, 6.45) is 1.72. The van der Waals surface area contributed by atoms with Crippen LogP contribution >= 0.6 is 39.3 Å². The Bertz CT molecular complexity index is 1760. The number of methoxy groups -OCH3 is 1. The number of nitrogens with zero attached hydrogens (tertiary/aromatic N) is 2. The van der Waals surface area contributed by atoms with Gasteiger partial charge in [0, 0.05) is 5.02 Å².